The number of aromatic hydroxyl groups is 1. The van der Waals surface area contributed by atoms with E-state index in [4.69, 9.17) is 4.63 Å². The van der Waals surface area contributed by atoms with Crippen LogP contribution in [0.2, 0.25) is 0 Å². The van der Waals surface area contributed by atoms with Crippen molar-refractivity contribution in [1.29, 1.82) is 0 Å². The molecule has 3 rings (SSSR count). The third-order valence-corrected chi connectivity index (χ3v) is 4.37. The normalized spacial score (nSPS) is 10.5. The Morgan fingerprint density at radius 3 is 2.56 bits per heavy atom. The van der Waals surface area contributed by atoms with Crippen molar-refractivity contribution in [2.45, 2.75) is 0 Å². The van der Waals surface area contributed by atoms with Crippen LogP contribution in [-0.2, 0) is 0 Å². The second kappa shape index (κ2) is 7.54. The number of anilines is 4. The van der Waals surface area contributed by atoms with E-state index in [0.717, 1.165) is 4.47 Å². The van der Waals surface area contributed by atoms with E-state index in [2.05, 4.69) is 31.7 Å². The van der Waals surface area contributed by atoms with Crippen molar-refractivity contribution in [2.24, 2.45) is 0 Å². The van der Waals surface area contributed by atoms with E-state index in [9.17, 15) is 15.1 Å². The van der Waals surface area contributed by atoms with E-state index in [0.29, 0.717) is 10.6 Å². The molecule has 0 aliphatic heterocycles. The predicted octanol–water partition coefficient (Wildman–Crippen LogP) is 2.86. The number of rotatable bonds is 5. The van der Waals surface area contributed by atoms with E-state index >= 15 is 0 Å². The van der Waals surface area contributed by atoms with Crippen LogP contribution in [-0.4, -0.2) is 40.4 Å². The Morgan fingerprint density at radius 1 is 1.15 bits per heavy atom. The second-order valence-electron chi connectivity index (χ2n) is 5.77. The molecule has 0 atom stereocenters. The lowest BCUT2D eigenvalue weighted by Gasteiger charge is -2.12. The van der Waals surface area contributed by atoms with E-state index in [1.807, 2.05) is 18.2 Å². The maximum absolute atomic E-state index is 12.2. The summed E-state index contributed by atoms with van der Waals surface area (Å²) in [6.45, 7) is 0. The van der Waals surface area contributed by atoms with Crippen molar-refractivity contribution in [2.75, 3.05) is 24.7 Å². The van der Waals surface area contributed by atoms with Crippen LogP contribution in [0.5, 0.6) is 5.75 Å². The number of carbonyl (C=O) groups excluding carboxylic acids is 1. The summed E-state index contributed by atoms with van der Waals surface area (Å²) in [5, 5.41) is 29.9. The van der Waals surface area contributed by atoms with Crippen LogP contribution >= 0.6 is 15.9 Å². The summed E-state index contributed by atoms with van der Waals surface area (Å²) in [6.07, 6.45) is 0. The van der Waals surface area contributed by atoms with Crippen molar-refractivity contribution in [1.82, 2.24) is 10.1 Å². The lowest BCUT2D eigenvalue weighted by molar-refractivity contribution is -1.03. The highest BCUT2D eigenvalue weighted by Gasteiger charge is 2.27. The molecule has 0 saturated carbocycles. The number of nitrogens with zero attached hydrogens (tertiary/aromatic N) is 3. The van der Waals surface area contributed by atoms with Gasteiger partial charge in [0.05, 0.1) is 11.3 Å². The first-order chi connectivity index (χ1) is 12.9. The van der Waals surface area contributed by atoms with Gasteiger partial charge in [-0.25, -0.2) is 0 Å². The molecule has 0 bridgehead atoms. The van der Waals surface area contributed by atoms with Crippen molar-refractivity contribution < 1.29 is 24.6 Å². The van der Waals surface area contributed by atoms with Gasteiger partial charge in [-0.1, -0.05) is 22.8 Å². The minimum atomic E-state index is -0.357. The molecule has 0 spiro atoms. The number of nitrogens with one attached hydrogen (secondary N) is 2. The van der Waals surface area contributed by atoms with Gasteiger partial charge in [0.2, 0.25) is 0 Å². The Balaban J connectivity index is 1.93. The Bertz CT molecular complexity index is 989. The van der Waals surface area contributed by atoms with Crippen LogP contribution in [0.25, 0.3) is 0 Å². The molecule has 10 heteroatoms. The van der Waals surface area contributed by atoms with Crippen LogP contribution in [0.15, 0.2) is 51.6 Å². The van der Waals surface area contributed by atoms with Gasteiger partial charge in [0.25, 0.3) is 5.91 Å². The Labute approximate surface area is 162 Å². The number of halogens is 1. The van der Waals surface area contributed by atoms with Crippen LogP contribution < -0.4 is 15.5 Å². The van der Waals surface area contributed by atoms with Gasteiger partial charge in [-0.15, -0.1) is 0 Å². The summed E-state index contributed by atoms with van der Waals surface area (Å²) in [5.41, 5.74) is 1.00. The lowest BCUT2D eigenvalue weighted by Crippen LogP contribution is -2.30. The number of para-hydroxylation sites is 2. The summed E-state index contributed by atoms with van der Waals surface area (Å²) in [5.74, 6) is -0.405. The number of hydrogen-bond acceptors (Lipinski definition) is 7. The Hall–Kier alpha value is -3.27. The van der Waals surface area contributed by atoms with Crippen molar-refractivity contribution in [3.8, 4) is 5.75 Å². The fourth-order valence-electron chi connectivity index (χ4n) is 2.32. The second-order valence-corrected chi connectivity index (χ2v) is 6.63. The largest absolute Gasteiger partial charge is 0.504 e. The molecule has 1 amide bonds. The monoisotopic (exact) mass is 434 g/mol. The highest BCUT2D eigenvalue weighted by Crippen LogP contribution is 2.33. The number of phenols is 1. The predicted molar refractivity (Wildman–Crippen MR) is 101 cm³/mol. The van der Waals surface area contributed by atoms with Crippen LogP contribution in [0.3, 0.4) is 0 Å². The van der Waals surface area contributed by atoms with Gasteiger partial charge in [0.15, 0.2) is 5.75 Å². The number of amides is 1. The average Bonchev–Trinajstić information content (AvgIpc) is 2.98. The molecular formula is C17H17BrN5O4+. The number of carbonyl (C=O) groups is 1. The quantitative estimate of drug-likeness (QED) is 0.360. The molecule has 3 aromatic rings. The Kier molecular flexibility index (Phi) is 5.17. The minimum absolute atomic E-state index is 0.0375. The van der Waals surface area contributed by atoms with Gasteiger partial charge in [-0.2, -0.15) is 0 Å². The Morgan fingerprint density at radius 2 is 1.85 bits per heavy atom. The van der Waals surface area contributed by atoms with Crippen LogP contribution in [0.1, 0.15) is 10.4 Å². The van der Waals surface area contributed by atoms with Gasteiger partial charge < -0.3 is 20.5 Å². The van der Waals surface area contributed by atoms with E-state index < -0.39 is 0 Å². The van der Waals surface area contributed by atoms with E-state index in [1.165, 1.54) is 11.0 Å². The van der Waals surface area contributed by atoms with Gasteiger partial charge in [0, 0.05) is 18.6 Å². The molecule has 0 saturated heterocycles. The molecule has 0 radical (unpaired) electrons. The number of hydrogen-bond donors (Lipinski definition) is 4. The molecule has 0 fully saturated rings. The fraction of sp³-hybridized carbons (Fsp3) is 0.118. The molecular weight excluding hydrogens is 418 g/mol. The SMILES string of the molecule is CN(C)C(=O)c1cccc(Nc2c(Nc3ccccc3Br)no[n+]2O)c1O. The zero-order chi connectivity index (χ0) is 19.6. The summed E-state index contributed by atoms with van der Waals surface area (Å²) < 4.78 is 5.54. The van der Waals surface area contributed by atoms with E-state index in [1.54, 1.807) is 32.3 Å². The zero-order valence-corrected chi connectivity index (χ0v) is 16.1. The summed E-state index contributed by atoms with van der Waals surface area (Å²) in [4.78, 5) is 13.9. The van der Waals surface area contributed by atoms with Gasteiger partial charge >= 0.3 is 11.6 Å². The average molecular weight is 435 g/mol. The molecule has 1 aromatic heterocycles. The first-order valence-electron chi connectivity index (χ1n) is 7.82. The third-order valence-electron chi connectivity index (χ3n) is 3.68. The molecule has 0 aliphatic rings. The molecule has 1 heterocycles. The van der Waals surface area contributed by atoms with Crippen LogP contribution in [0.4, 0.5) is 23.0 Å². The van der Waals surface area contributed by atoms with Gasteiger partial charge in [0.1, 0.15) is 15.7 Å². The molecule has 0 aliphatic carbocycles. The summed E-state index contributed by atoms with van der Waals surface area (Å²) >= 11 is 3.41. The molecule has 2 aromatic carbocycles. The topological polar surface area (TPSA) is 115 Å². The number of aromatic nitrogens is 2. The maximum Gasteiger partial charge on any atom is 0.371 e. The molecule has 27 heavy (non-hydrogen) atoms. The number of phenolic OH excluding ortho intramolecular Hbond substituents is 1. The smallest absolute Gasteiger partial charge is 0.371 e. The standard InChI is InChI=1S/C17H16BrN5O4/c1-22(2)17(25)10-6-5-9-13(14(10)24)20-16-15(21-27-23(16)26)19-12-8-4-3-7-11(12)18/h3-9,26H,1-2H3,(H2,19,21,24,25)/p+1. The molecule has 0 unspecified atom stereocenters. The summed E-state index contributed by atoms with van der Waals surface area (Å²) in [6, 6.07) is 12.0. The molecule has 9 nitrogen and oxygen atoms in total. The van der Waals surface area contributed by atoms with Crippen molar-refractivity contribution in [3.05, 3.63) is 52.5 Å². The molecule has 4 N–H and O–H groups in total. The first-order valence-corrected chi connectivity index (χ1v) is 8.61. The lowest BCUT2D eigenvalue weighted by atomic mass is 10.1. The zero-order valence-electron chi connectivity index (χ0n) is 14.5. The highest BCUT2D eigenvalue weighted by molar-refractivity contribution is 9.10. The maximum atomic E-state index is 12.2. The van der Waals surface area contributed by atoms with Crippen molar-refractivity contribution >= 4 is 44.8 Å². The molecule has 140 valence electrons. The third kappa shape index (κ3) is 3.80. The highest BCUT2D eigenvalue weighted by atomic mass is 79.9. The van der Waals surface area contributed by atoms with E-state index in [-0.39, 0.29) is 34.5 Å². The first kappa shape index (κ1) is 18.5. The minimum Gasteiger partial charge on any atom is -0.504 e. The van der Waals surface area contributed by atoms with Gasteiger partial charge in [-0.05, 0) is 40.2 Å². The summed E-state index contributed by atoms with van der Waals surface area (Å²) in [7, 11) is 3.17. The van der Waals surface area contributed by atoms with Crippen LogP contribution in [0, 0.1) is 0 Å². The number of benzene rings is 2. The van der Waals surface area contributed by atoms with Crippen molar-refractivity contribution in [3.63, 3.8) is 0 Å². The fourth-order valence-corrected chi connectivity index (χ4v) is 2.70. The van der Waals surface area contributed by atoms with Gasteiger partial charge in [-0.3, -0.25) is 10.1 Å².